The Kier molecular flexibility index (Phi) is 5.79. The first-order chi connectivity index (χ1) is 9.26. The summed E-state index contributed by atoms with van der Waals surface area (Å²) in [6.45, 7) is 4.44. The third-order valence-corrected chi connectivity index (χ3v) is 5.11. The van der Waals surface area contributed by atoms with Gasteiger partial charge in [0.2, 0.25) is 0 Å². The monoisotopic (exact) mass is 306 g/mol. The topological polar surface area (TPSA) is 95.0 Å². The maximum absolute atomic E-state index is 12.3. The number of sulfone groups is 1. The van der Waals surface area contributed by atoms with E-state index in [0.717, 1.165) is 0 Å². The van der Waals surface area contributed by atoms with Crippen LogP contribution in [-0.4, -0.2) is 73.0 Å². The van der Waals surface area contributed by atoms with Gasteiger partial charge in [0, 0.05) is 26.2 Å². The van der Waals surface area contributed by atoms with Crippen molar-refractivity contribution < 1.29 is 23.1 Å². The lowest BCUT2D eigenvalue weighted by Gasteiger charge is -2.29. The lowest BCUT2D eigenvalue weighted by Crippen LogP contribution is -2.46. The molecule has 0 aromatic heterocycles. The van der Waals surface area contributed by atoms with Gasteiger partial charge in [-0.3, -0.25) is 4.79 Å². The zero-order valence-corrected chi connectivity index (χ0v) is 12.7. The summed E-state index contributed by atoms with van der Waals surface area (Å²) in [5.41, 5.74) is 0. The van der Waals surface area contributed by atoms with E-state index < -0.39 is 21.7 Å². The number of carboxylic acids is 1. The number of rotatable bonds is 4. The van der Waals surface area contributed by atoms with Gasteiger partial charge in [-0.1, -0.05) is 6.92 Å². The van der Waals surface area contributed by atoms with Crippen LogP contribution in [-0.2, 0) is 14.6 Å². The first-order valence-corrected chi connectivity index (χ1v) is 8.56. The molecule has 1 fully saturated rings. The number of hydrogen-bond donors (Lipinski definition) is 1. The number of carbonyl (C=O) groups excluding carboxylic acids is 1. The SMILES string of the molecule is CCN(CC(C)C(=O)O)C(=O)N1CCCS(=O)(=O)CC1. The predicted octanol–water partition coefficient (Wildman–Crippen LogP) is 0.270. The standard InChI is InChI=1S/C12H22N2O5S/c1-3-13(9-10(2)11(15)16)12(17)14-5-4-7-20(18,19)8-6-14/h10H,3-9H2,1-2H3,(H,15,16). The quantitative estimate of drug-likeness (QED) is 0.804. The molecule has 1 aliphatic rings. The molecule has 116 valence electrons. The number of carbonyl (C=O) groups is 2. The van der Waals surface area contributed by atoms with Crippen molar-refractivity contribution in [3.63, 3.8) is 0 Å². The maximum atomic E-state index is 12.3. The Morgan fingerprint density at radius 2 is 1.95 bits per heavy atom. The highest BCUT2D eigenvalue weighted by Crippen LogP contribution is 2.10. The molecule has 0 spiro atoms. The van der Waals surface area contributed by atoms with Crippen molar-refractivity contribution in [2.45, 2.75) is 20.3 Å². The van der Waals surface area contributed by atoms with Crippen LogP contribution in [0, 0.1) is 5.92 Å². The highest BCUT2D eigenvalue weighted by atomic mass is 32.2. The van der Waals surface area contributed by atoms with Gasteiger partial charge < -0.3 is 14.9 Å². The fourth-order valence-corrected chi connectivity index (χ4v) is 3.35. The molecule has 1 N–H and O–H groups in total. The molecule has 1 atom stereocenters. The average Bonchev–Trinajstić information content (AvgIpc) is 2.55. The van der Waals surface area contributed by atoms with Gasteiger partial charge >= 0.3 is 12.0 Å². The van der Waals surface area contributed by atoms with Crippen LogP contribution in [0.3, 0.4) is 0 Å². The van der Waals surface area contributed by atoms with Crippen molar-refractivity contribution in [2.75, 3.05) is 37.7 Å². The highest BCUT2D eigenvalue weighted by molar-refractivity contribution is 7.91. The molecule has 7 nitrogen and oxygen atoms in total. The molecule has 0 bridgehead atoms. The van der Waals surface area contributed by atoms with Crippen LogP contribution in [0.1, 0.15) is 20.3 Å². The molecule has 0 aromatic rings. The number of amides is 2. The minimum atomic E-state index is -3.06. The molecule has 1 heterocycles. The molecule has 1 aliphatic heterocycles. The Hall–Kier alpha value is -1.31. The average molecular weight is 306 g/mol. The number of carboxylic acid groups (broad SMARTS) is 1. The maximum Gasteiger partial charge on any atom is 0.320 e. The molecule has 8 heteroatoms. The zero-order valence-electron chi connectivity index (χ0n) is 11.9. The first-order valence-electron chi connectivity index (χ1n) is 6.74. The van der Waals surface area contributed by atoms with E-state index in [1.807, 2.05) is 0 Å². The summed E-state index contributed by atoms with van der Waals surface area (Å²) in [5, 5.41) is 8.90. The Bertz CT molecular complexity index is 462. The Balaban J connectivity index is 2.68. The van der Waals surface area contributed by atoms with E-state index in [9.17, 15) is 18.0 Å². The molecule has 0 radical (unpaired) electrons. The normalized spacial score (nSPS) is 20.0. The lowest BCUT2D eigenvalue weighted by atomic mass is 10.2. The minimum Gasteiger partial charge on any atom is -0.481 e. The summed E-state index contributed by atoms with van der Waals surface area (Å²) >= 11 is 0. The smallest absolute Gasteiger partial charge is 0.320 e. The molecular formula is C12H22N2O5S. The van der Waals surface area contributed by atoms with Crippen molar-refractivity contribution >= 4 is 21.8 Å². The van der Waals surface area contributed by atoms with E-state index in [2.05, 4.69) is 0 Å². The van der Waals surface area contributed by atoms with Crippen molar-refractivity contribution in [1.82, 2.24) is 9.80 Å². The zero-order chi connectivity index (χ0) is 15.3. The molecule has 1 unspecified atom stereocenters. The van der Waals surface area contributed by atoms with E-state index in [4.69, 9.17) is 5.11 Å². The molecule has 1 rings (SSSR count). The molecule has 1 saturated heterocycles. The summed E-state index contributed by atoms with van der Waals surface area (Å²) in [6.07, 6.45) is 0.431. The number of nitrogens with zero attached hydrogens (tertiary/aromatic N) is 2. The van der Waals surface area contributed by atoms with E-state index in [-0.39, 0.29) is 30.6 Å². The van der Waals surface area contributed by atoms with E-state index >= 15 is 0 Å². The Morgan fingerprint density at radius 1 is 1.30 bits per heavy atom. The van der Waals surface area contributed by atoms with Gasteiger partial charge in [0.05, 0.1) is 17.4 Å². The summed E-state index contributed by atoms with van der Waals surface area (Å²) < 4.78 is 23.0. The molecule has 0 aromatic carbocycles. The fourth-order valence-electron chi connectivity index (χ4n) is 2.08. The molecule has 20 heavy (non-hydrogen) atoms. The number of urea groups is 1. The highest BCUT2D eigenvalue weighted by Gasteiger charge is 2.27. The third kappa shape index (κ3) is 4.66. The van der Waals surface area contributed by atoms with Gasteiger partial charge in [-0.2, -0.15) is 0 Å². The van der Waals surface area contributed by atoms with Gasteiger partial charge in [-0.05, 0) is 13.3 Å². The minimum absolute atomic E-state index is 0.0230. The second kappa shape index (κ2) is 6.92. The summed E-state index contributed by atoms with van der Waals surface area (Å²) in [4.78, 5) is 26.1. The van der Waals surface area contributed by atoms with Gasteiger partial charge in [0.25, 0.3) is 0 Å². The van der Waals surface area contributed by atoms with E-state index in [0.29, 0.717) is 19.5 Å². The number of aliphatic carboxylic acids is 1. The summed E-state index contributed by atoms with van der Waals surface area (Å²) in [7, 11) is -3.06. The molecule has 2 amide bonds. The lowest BCUT2D eigenvalue weighted by molar-refractivity contribution is -0.141. The molecule has 0 saturated carbocycles. The van der Waals surface area contributed by atoms with Gasteiger partial charge in [0.1, 0.15) is 0 Å². The second-order valence-electron chi connectivity index (χ2n) is 5.05. The second-order valence-corrected chi connectivity index (χ2v) is 7.36. The largest absolute Gasteiger partial charge is 0.481 e. The van der Waals surface area contributed by atoms with Crippen molar-refractivity contribution in [2.24, 2.45) is 5.92 Å². The van der Waals surface area contributed by atoms with Gasteiger partial charge in [0.15, 0.2) is 9.84 Å². The third-order valence-electron chi connectivity index (χ3n) is 3.39. The summed E-state index contributed by atoms with van der Waals surface area (Å²) in [6, 6.07) is -0.280. The van der Waals surface area contributed by atoms with Crippen LogP contribution in [0.5, 0.6) is 0 Å². The fraction of sp³-hybridized carbons (Fsp3) is 0.833. The predicted molar refractivity (Wildman–Crippen MR) is 74.3 cm³/mol. The van der Waals surface area contributed by atoms with Crippen molar-refractivity contribution in [3.05, 3.63) is 0 Å². The Morgan fingerprint density at radius 3 is 2.50 bits per heavy atom. The van der Waals surface area contributed by atoms with Crippen LogP contribution in [0.4, 0.5) is 4.79 Å². The van der Waals surface area contributed by atoms with E-state index in [1.165, 1.54) is 9.80 Å². The molecule has 0 aliphatic carbocycles. The Labute approximate surface area is 119 Å². The van der Waals surface area contributed by atoms with Crippen LogP contribution in [0.25, 0.3) is 0 Å². The van der Waals surface area contributed by atoms with Crippen molar-refractivity contribution in [1.29, 1.82) is 0 Å². The van der Waals surface area contributed by atoms with E-state index in [1.54, 1.807) is 13.8 Å². The van der Waals surface area contributed by atoms with Crippen LogP contribution >= 0.6 is 0 Å². The first kappa shape index (κ1) is 16.7. The molecular weight excluding hydrogens is 284 g/mol. The van der Waals surface area contributed by atoms with Crippen LogP contribution < -0.4 is 0 Å². The number of hydrogen-bond acceptors (Lipinski definition) is 4. The van der Waals surface area contributed by atoms with Crippen molar-refractivity contribution in [3.8, 4) is 0 Å². The van der Waals surface area contributed by atoms with Crippen LogP contribution in [0.15, 0.2) is 0 Å². The van der Waals surface area contributed by atoms with Gasteiger partial charge in [-0.25, -0.2) is 13.2 Å². The van der Waals surface area contributed by atoms with Crippen LogP contribution in [0.2, 0.25) is 0 Å². The summed E-state index contributed by atoms with van der Waals surface area (Å²) in [5.74, 6) is -1.51. The van der Waals surface area contributed by atoms with Gasteiger partial charge in [-0.15, -0.1) is 0 Å².